The quantitative estimate of drug-likeness (QED) is 0.190. The Morgan fingerprint density at radius 3 is 2.22 bits per heavy atom. The van der Waals surface area contributed by atoms with E-state index in [1.54, 1.807) is 24.3 Å². The topological polar surface area (TPSA) is 99.2 Å². The molecule has 0 aliphatic heterocycles. The monoisotopic (exact) mass is 447 g/mol. The van der Waals surface area contributed by atoms with Crippen molar-refractivity contribution in [2.24, 2.45) is 0 Å². The number of para-hydroxylation sites is 2. The number of nitrogens with one attached hydrogen (secondary N) is 3. The average molecular weight is 448 g/mol. The highest BCUT2D eigenvalue weighted by Crippen LogP contribution is 2.28. The molecule has 4 N–H and O–H groups in total. The van der Waals surface area contributed by atoms with Crippen molar-refractivity contribution < 1.29 is 9.90 Å². The summed E-state index contributed by atoms with van der Waals surface area (Å²) in [6.07, 6.45) is 6.75. The lowest BCUT2D eigenvalue weighted by Gasteiger charge is -2.13. The van der Waals surface area contributed by atoms with E-state index in [0.717, 1.165) is 27.3 Å². The van der Waals surface area contributed by atoms with Gasteiger partial charge in [-0.1, -0.05) is 18.2 Å². The number of carbonyl (C=O) groups excluding carboxylic acids is 1. The van der Waals surface area contributed by atoms with Crippen molar-refractivity contribution in [2.45, 2.75) is 25.7 Å². The Morgan fingerprint density at radius 1 is 0.938 bits per heavy atom. The summed E-state index contributed by atoms with van der Waals surface area (Å²) < 4.78 is 3.26. The Bertz CT molecular complexity index is 1190. The van der Waals surface area contributed by atoms with Gasteiger partial charge in [0.15, 0.2) is 11.6 Å². The molecule has 0 fully saturated rings. The number of hydrogen-bond donors (Lipinski definition) is 4. The predicted octanol–water partition coefficient (Wildman–Crippen LogP) is 6.04. The maximum Gasteiger partial charge on any atom is 0.221 e. The number of anilines is 3. The van der Waals surface area contributed by atoms with E-state index >= 15 is 0 Å². The fourth-order valence-electron chi connectivity index (χ4n) is 2.74. The van der Waals surface area contributed by atoms with Gasteiger partial charge >= 0.3 is 0 Å². The molecular formula is C24H25N5O2S. The van der Waals surface area contributed by atoms with E-state index in [9.17, 15) is 9.90 Å². The van der Waals surface area contributed by atoms with Gasteiger partial charge in [0.25, 0.3) is 0 Å². The number of hydrogen-bond acceptors (Lipinski definition) is 7. The minimum Gasteiger partial charge on any atom is -0.508 e. The van der Waals surface area contributed by atoms with Crippen LogP contribution in [0, 0.1) is 0 Å². The van der Waals surface area contributed by atoms with Crippen LogP contribution in [-0.4, -0.2) is 21.0 Å². The van der Waals surface area contributed by atoms with Gasteiger partial charge in [-0.3, -0.25) is 4.79 Å². The molecule has 0 aliphatic carbocycles. The van der Waals surface area contributed by atoms with Gasteiger partial charge in [-0.25, -0.2) is 9.97 Å². The minimum atomic E-state index is -0.108. The number of amides is 1. The van der Waals surface area contributed by atoms with Crippen LogP contribution in [0.1, 0.15) is 20.8 Å². The summed E-state index contributed by atoms with van der Waals surface area (Å²) in [6, 6.07) is 15.1. The zero-order valence-electron chi connectivity index (χ0n) is 18.1. The number of nitrogens with zero attached hydrogens (tertiary/aromatic N) is 2. The fourth-order valence-corrected chi connectivity index (χ4v) is 3.37. The highest BCUT2D eigenvalue weighted by Gasteiger charge is 2.10. The summed E-state index contributed by atoms with van der Waals surface area (Å²) in [4.78, 5) is 21.5. The lowest BCUT2D eigenvalue weighted by molar-refractivity contribution is -0.114. The Labute approximate surface area is 191 Å². The largest absolute Gasteiger partial charge is 0.508 e. The Kier molecular flexibility index (Phi) is 7.88. The van der Waals surface area contributed by atoms with Gasteiger partial charge in [-0.15, -0.1) is 0 Å². The molecule has 0 spiro atoms. The first-order chi connectivity index (χ1) is 15.4. The molecule has 3 aromatic rings. The lowest BCUT2D eigenvalue weighted by Crippen LogP contribution is -2.05. The Morgan fingerprint density at radius 2 is 1.59 bits per heavy atom. The molecular weight excluding hydrogens is 422 g/mol. The van der Waals surface area contributed by atoms with Crippen molar-refractivity contribution >= 4 is 46.2 Å². The van der Waals surface area contributed by atoms with Crippen molar-refractivity contribution in [3.8, 4) is 0 Å². The maximum absolute atomic E-state index is 11.2. The van der Waals surface area contributed by atoms with Crippen LogP contribution < -0.4 is 15.4 Å². The standard InChI is InChI=1S/C24H25N5O2S/c1-4-7-19(31)13-10-16(2)25-23-24(28-22-9-6-5-8-21(22)27-23)29-32-20-14-11-18(12-15-20)26-17(3)30/h4-15,31H,1-3H3,(H,25,27)(H,26,30)(H,28,29)/b7-4-,16-10+,19-13+. The van der Waals surface area contributed by atoms with Crippen LogP contribution in [0.3, 0.4) is 0 Å². The summed E-state index contributed by atoms with van der Waals surface area (Å²) in [5.41, 5.74) is 3.07. The molecule has 0 unspecified atom stereocenters. The van der Waals surface area contributed by atoms with Crippen LogP contribution in [0.2, 0.25) is 0 Å². The number of carbonyl (C=O) groups is 1. The van der Waals surface area contributed by atoms with Crippen LogP contribution >= 0.6 is 11.9 Å². The van der Waals surface area contributed by atoms with Gasteiger partial charge in [0, 0.05) is 23.2 Å². The maximum atomic E-state index is 11.2. The molecule has 0 aliphatic rings. The zero-order valence-corrected chi connectivity index (χ0v) is 18.9. The third kappa shape index (κ3) is 6.61. The molecule has 1 amide bonds. The average Bonchev–Trinajstić information content (AvgIpc) is 2.77. The van der Waals surface area contributed by atoms with E-state index in [-0.39, 0.29) is 11.7 Å². The Balaban J connectivity index is 1.82. The number of rotatable bonds is 8. The van der Waals surface area contributed by atoms with E-state index < -0.39 is 0 Å². The van der Waals surface area contributed by atoms with Gasteiger partial charge in [0.05, 0.1) is 11.0 Å². The lowest BCUT2D eigenvalue weighted by atomic mass is 10.3. The van der Waals surface area contributed by atoms with E-state index in [4.69, 9.17) is 9.97 Å². The van der Waals surface area contributed by atoms with Crippen molar-refractivity contribution in [1.82, 2.24) is 9.97 Å². The summed E-state index contributed by atoms with van der Waals surface area (Å²) in [5, 5.41) is 15.8. The van der Waals surface area contributed by atoms with Gasteiger partial charge in [0.2, 0.25) is 5.91 Å². The fraction of sp³-hybridized carbons (Fsp3) is 0.125. The number of aliphatic hydroxyl groups is 1. The van der Waals surface area contributed by atoms with Crippen LogP contribution in [0.5, 0.6) is 0 Å². The summed E-state index contributed by atoms with van der Waals surface area (Å²) in [5.74, 6) is 1.20. The molecule has 1 heterocycles. The van der Waals surface area contributed by atoms with Gasteiger partial charge in [-0.05, 0) is 80.4 Å². The molecule has 0 bridgehead atoms. The predicted molar refractivity (Wildman–Crippen MR) is 133 cm³/mol. The normalized spacial score (nSPS) is 12.2. The summed E-state index contributed by atoms with van der Waals surface area (Å²) in [6.45, 7) is 5.20. The van der Waals surface area contributed by atoms with Gasteiger partial charge < -0.3 is 20.5 Å². The molecule has 0 atom stereocenters. The van der Waals surface area contributed by atoms with Gasteiger partial charge in [-0.2, -0.15) is 0 Å². The summed E-state index contributed by atoms with van der Waals surface area (Å²) >= 11 is 1.39. The molecule has 2 aromatic carbocycles. The molecule has 164 valence electrons. The van der Waals surface area contributed by atoms with Crippen molar-refractivity contribution in [1.29, 1.82) is 0 Å². The van der Waals surface area contributed by atoms with Crippen molar-refractivity contribution in [3.63, 3.8) is 0 Å². The van der Waals surface area contributed by atoms with E-state index in [1.807, 2.05) is 62.4 Å². The SMILES string of the molecule is C\C=C/C(O)=C\C=C(/C)Nc1nc2ccccc2nc1NSc1ccc(NC(C)=O)cc1. The molecule has 3 rings (SSSR count). The van der Waals surface area contributed by atoms with E-state index in [1.165, 1.54) is 18.9 Å². The molecule has 0 saturated carbocycles. The molecule has 0 radical (unpaired) electrons. The first-order valence-corrected chi connectivity index (χ1v) is 10.8. The number of benzene rings is 2. The second kappa shape index (κ2) is 11.0. The minimum absolute atomic E-state index is 0.108. The number of fused-ring (bicyclic) bond motifs is 1. The van der Waals surface area contributed by atoms with E-state index in [0.29, 0.717) is 11.6 Å². The third-order valence-electron chi connectivity index (χ3n) is 4.17. The summed E-state index contributed by atoms with van der Waals surface area (Å²) in [7, 11) is 0. The van der Waals surface area contributed by atoms with E-state index in [2.05, 4.69) is 15.4 Å². The highest BCUT2D eigenvalue weighted by molar-refractivity contribution is 8.00. The smallest absolute Gasteiger partial charge is 0.221 e. The zero-order chi connectivity index (χ0) is 22.9. The highest BCUT2D eigenvalue weighted by atomic mass is 32.2. The number of aliphatic hydroxyl groups excluding tert-OH is 1. The molecule has 1 aromatic heterocycles. The third-order valence-corrected chi connectivity index (χ3v) is 4.97. The Hall–Kier alpha value is -3.78. The van der Waals surface area contributed by atoms with Crippen molar-refractivity contribution in [2.75, 3.05) is 15.4 Å². The van der Waals surface area contributed by atoms with Gasteiger partial charge in [0.1, 0.15) is 5.76 Å². The van der Waals surface area contributed by atoms with Crippen LogP contribution in [0.25, 0.3) is 11.0 Å². The second-order valence-corrected chi connectivity index (χ2v) is 7.77. The molecule has 7 nitrogen and oxygen atoms in total. The molecule has 8 heteroatoms. The van der Waals surface area contributed by atoms with Crippen LogP contribution in [0.4, 0.5) is 17.3 Å². The number of allylic oxidation sites excluding steroid dienone is 5. The van der Waals surface area contributed by atoms with Crippen molar-refractivity contribution in [3.05, 3.63) is 84.3 Å². The molecule has 32 heavy (non-hydrogen) atoms. The van der Waals surface area contributed by atoms with Crippen LogP contribution in [0.15, 0.2) is 89.2 Å². The first-order valence-electron chi connectivity index (χ1n) is 9.99. The second-order valence-electron chi connectivity index (χ2n) is 6.89. The first kappa shape index (κ1) is 22.9. The van der Waals surface area contributed by atoms with Crippen LogP contribution in [-0.2, 0) is 4.79 Å². The molecule has 0 saturated heterocycles. The number of aromatic nitrogens is 2.